The van der Waals surface area contributed by atoms with Gasteiger partial charge < -0.3 is 10.2 Å². The van der Waals surface area contributed by atoms with E-state index in [0.29, 0.717) is 5.41 Å². The van der Waals surface area contributed by atoms with E-state index in [1.165, 1.54) is 45.1 Å². The number of nitrogens with zero attached hydrogens (tertiary/aromatic N) is 1. The van der Waals surface area contributed by atoms with Gasteiger partial charge in [-0.05, 0) is 64.0 Å². The van der Waals surface area contributed by atoms with Crippen molar-refractivity contribution >= 4 is 0 Å². The lowest BCUT2D eigenvalue weighted by atomic mass is 9.80. The average molecular weight is 254 g/mol. The molecule has 0 unspecified atom stereocenters. The number of hydrogen-bond acceptors (Lipinski definition) is 2. The van der Waals surface area contributed by atoms with Crippen molar-refractivity contribution in [2.24, 2.45) is 11.3 Å². The quantitative estimate of drug-likeness (QED) is 0.748. The molecule has 0 spiro atoms. The first-order valence-corrected chi connectivity index (χ1v) is 7.91. The third-order valence-corrected chi connectivity index (χ3v) is 5.25. The number of hydrogen-bond donors (Lipinski definition) is 1. The van der Waals surface area contributed by atoms with Crippen LogP contribution in [0, 0.1) is 11.3 Å². The smallest absolute Gasteiger partial charge is 0.00926 e. The van der Waals surface area contributed by atoms with Crippen molar-refractivity contribution in [2.45, 2.75) is 65.3 Å². The van der Waals surface area contributed by atoms with Crippen LogP contribution < -0.4 is 5.32 Å². The zero-order valence-corrected chi connectivity index (χ0v) is 13.3. The second-order valence-electron chi connectivity index (χ2n) is 6.57. The summed E-state index contributed by atoms with van der Waals surface area (Å²) < 4.78 is 0. The summed E-state index contributed by atoms with van der Waals surface area (Å²) in [5, 5.41) is 3.40. The Bertz CT molecular complexity index is 215. The largest absolute Gasteiger partial charge is 0.319 e. The fraction of sp³-hybridized carbons (Fsp3) is 1.00. The van der Waals surface area contributed by atoms with E-state index in [-0.39, 0.29) is 0 Å². The van der Waals surface area contributed by atoms with Gasteiger partial charge in [-0.2, -0.15) is 0 Å². The van der Waals surface area contributed by atoms with E-state index in [1.54, 1.807) is 0 Å². The molecule has 108 valence electrons. The van der Waals surface area contributed by atoms with Gasteiger partial charge >= 0.3 is 0 Å². The molecule has 1 N–H and O–H groups in total. The minimum atomic E-state index is 0.465. The molecule has 0 aromatic carbocycles. The maximum Gasteiger partial charge on any atom is 0.00926 e. The van der Waals surface area contributed by atoms with Crippen molar-refractivity contribution in [2.75, 3.05) is 27.2 Å². The third kappa shape index (κ3) is 4.24. The molecule has 2 heteroatoms. The Morgan fingerprint density at radius 3 is 2.11 bits per heavy atom. The second-order valence-corrected chi connectivity index (χ2v) is 6.57. The predicted octanol–water partition coefficient (Wildman–Crippen LogP) is 3.52. The van der Waals surface area contributed by atoms with Crippen LogP contribution in [0.3, 0.4) is 0 Å². The van der Waals surface area contributed by atoms with Gasteiger partial charge in [0.15, 0.2) is 0 Å². The molecular weight excluding hydrogens is 220 g/mol. The minimum absolute atomic E-state index is 0.465. The summed E-state index contributed by atoms with van der Waals surface area (Å²) in [5.41, 5.74) is 0.465. The summed E-state index contributed by atoms with van der Waals surface area (Å²) in [4.78, 5) is 2.65. The fourth-order valence-corrected chi connectivity index (χ4v) is 3.50. The van der Waals surface area contributed by atoms with Gasteiger partial charge in [-0.25, -0.2) is 0 Å². The van der Waals surface area contributed by atoms with E-state index < -0.39 is 0 Å². The summed E-state index contributed by atoms with van der Waals surface area (Å²) in [6.07, 6.45) is 8.20. The van der Waals surface area contributed by atoms with Crippen LogP contribution in [0.25, 0.3) is 0 Å². The molecule has 0 radical (unpaired) electrons. The van der Waals surface area contributed by atoms with Crippen LogP contribution in [-0.4, -0.2) is 38.1 Å². The lowest BCUT2D eigenvalue weighted by molar-refractivity contribution is 0.0965. The summed E-state index contributed by atoms with van der Waals surface area (Å²) in [6, 6.07) is 0.829. The molecule has 0 heterocycles. The van der Waals surface area contributed by atoms with Crippen LogP contribution in [0.4, 0.5) is 0 Å². The molecule has 18 heavy (non-hydrogen) atoms. The third-order valence-electron chi connectivity index (χ3n) is 5.25. The topological polar surface area (TPSA) is 15.3 Å². The van der Waals surface area contributed by atoms with Crippen LogP contribution in [0.1, 0.15) is 59.3 Å². The molecule has 1 aliphatic rings. The Kier molecular flexibility index (Phi) is 6.65. The van der Waals surface area contributed by atoms with Gasteiger partial charge in [0.25, 0.3) is 0 Å². The van der Waals surface area contributed by atoms with Crippen molar-refractivity contribution in [3.8, 4) is 0 Å². The first kappa shape index (κ1) is 16.0. The van der Waals surface area contributed by atoms with E-state index in [9.17, 15) is 0 Å². The van der Waals surface area contributed by atoms with Gasteiger partial charge in [-0.1, -0.05) is 20.8 Å². The molecule has 0 bridgehead atoms. The predicted molar refractivity (Wildman–Crippen MR) is 81.0 cm³/mol. The van der Waals surface area contributed by atoms with Crippen molar-refractivity contribution < 1.29 is 0 Å². The standard InChI is InChI=1S/C16H34N2/c1-6-16(7-2,12-17-4)13-18(5)15-10-8-14(3)9-11-15/h14-15,17H,6-13H2,1-5H3. The number of rotatable bonds is 7. The van der Waals surface area contributed by atoms with Crippen molar-refractivity contribution in [3.05, 3.63) is 0 Å². The molecule has 1 fully saturated rings. The molecule has 0 saturated heterocycles. The van der Waals surface area contributed by atoms with Crippen molar-refractivity contribution in [1.29, 1.82) is 0 Å². The molecule has 1 aliphatic carbocycles. The summed E-state index contributed by atoms with van der Waals surface area (Å²) in [6.45, 7) is 9.49. The number of nitrogens with one attached hydrogen (secondary N) is 1. The zero-order valence-electron chi connectivity index (χ0n) is 13.3. The molecular formula is C16H34N2. The first-order valence-electron chi connectivity index (χ1n) is 7.91. The Morgan fingerprint density at radius 2 is 1.67 bits per heavy atom. The van der Waals surface area contributed by atoms with Crippen molar-refractivity contribution in [1.82, 2.24) is 10.2 Å². The van der Waals surface area contributed by atoms with Crippen LogP contribution in [0.5, 0.6) is 0 Å². The Hall–Kier alpha value is -0.0800. The Labute approximate surface area is 115 Å². The van der Waals surface area contributed by atoms with Crippen molar-refractivity contribution in [3.63, 3.8) is 0 Å². The highest BCUT2D eigenvalue weighted by Gasteiger charge is 2.30. The van der Waals surface area contributed by atoms with Crippen LogP contribution in [0.15, 0.2) is 0 Å². The molecule has 0 aromatic rings. The van der Waals surface area contributed by atoms with Crippen LogP contribution in [-0.2, 0) is 0 Å². The maximum absolute atomic E-state index is 3.40. The lowest BCUT2D eigenvalue weighted by Crippen LogP contribution is -2.46. The molecule has 1 saturated carbocycles. The minimum Gasteiger partial charge on any atom is -0.319 e. The van der Waals surface area contributed by atoms with Gasteiger partial charge in [0, 0.05) is 19.1 Å². The Morgan fingerprint density at radius 1 is 1.11 bits per heavy atom. The highest BCUT2D eigenvalue weighted by atomic mass is 15.1. The lowest BCUT2D eigenvalue weighted by Gasteiger charge is -2.41. The molecule has 2 nitrogen and oxygen atoms in total. The zero-order chi connectivity index (χ0) is 13.6. The van der Waals surface area contributed by atoms with Crippen LogP contribution in [0.2, 0.25) is 0 Å². The molecule has 0 aliphatic heterocycles. The van der Waals surface area contributed by atoms with E-state index in [2.05, 4.69) is 45.1 Å². The van der Waals surface area contributed by atoms with Gasteiger partial charge in [-0.3, -0.25) is 0 Å². The fourth-order valence-electron chi connectivity index (χ4n) is 3.50. The average Bonchev–Trinajstić information content (AvgIpc) is 2.38. The molecule has 0 aromatic heterocycles. The van der Waals surface area contributed by atoms with E-state index in [1.807, 2.05) is 0 Å². The first-order chi connectivity index (χ1) is 8.56. The highest BCUT2D eigenvalue weighted by Crippen LogP contribution is 2.31. The molecule has 0 amide bonds. The van der Waals surface area contributed by atoms with Crippen LogP contribution >= 0.6 is 0 Å². The molecule has 0 atom stereocenters. The van der Waals surface area contributed by atoms with Gasteiger partial charge in [0.05, 0.1) is 0 Å². The van der Waals surface area contributed by atoms with E-state index in [0.717, 1.165) is 18.5 Å². The monoisotopic (exact) mass is 254 g/mol. The molecule has 1 rings (SSSR count). The Balaban J connectivity index is 2.52. The SMILES string of the molecule is CCC(CC)(CNC)CN(C)C1CCC(C)CC1. The maximum atomic E-state index is 3.40. The van der Waals surface area contributed by atoms with E-state index >= 15 is 0 Å². The van der Waals surface area contributed by atoms with Gasteiger partial charge in [-0.15, -0.1) is 0 Å². The summed E-state index contributed by atoms with van der Waals surface area (Å²) in [5.74, 6) is 0.953. The normalized spacial score (nSPS) is 25.7. The van der Waals surface area contributed by atoms with Gasteiger partial charge in [0.1, 0.15) is 0 Å². The van der Waals surface area contributed by atoms with Gasteiger partial charge in [0.2, 0.25) is 0 Å². The van der Waals surface area contributed by atoms with E-state index in [4.69, 9.17) is 0 Å². The summed E-state index contributed by atoms with van der Waals surface area (Å²) in [7, 11) is 4.43. The summed E-state index contributed by atoms with van der Waals surface area (Å²) >= 11 is 0. The second kappa shape index (κ2) is 7.49. The highest BCUT2D eigenvalue weighted by molar-refractivity contribution is 4.85.